The number of para-hydroxylation sites is 1. The Morgan fingerprint density at radius 3 is 2.50 bits per heavy atom. The topological polar surface area (TPSA) is 84.6 Å². The van der Waals surface area contributed by atoms with Gasteiger partial charge in [0.05, 0.1) is 5.69 Å². The Morgan fingerprint density at radius 2 is 1.80 bits per heavy atom. The molecule has 2 atom stereocenters. The molecule has 2 heterocycles. The van der Waals surface area contributed by atoms with E-state index in [0.29, 0.717) is 11.5 Å². The number of rotatable bonds is 8. The van der Waals surface area contributed by atoms with E-state index in [0.717, 1.165) is 47.1 Å². The SMILES string of the molecule is CCc1ccccc1N1CCCSC1=NC(=O)NC(C)C(C)c1ccc(-c2ncn(-c3ccc(OC(F)(F)F)cc3)n2)cc1. The lowest BCUT2D eigenvalue weighted by Crippen LogP contribution is -2.38. The van der Waals surface area contributed by atoms with Crippen LogP contribution >= 0.6 is 11.8 Å². The third kappa shape index (κ3) is 7.60. The van der Waals surface area contributed by atoms with Crippen LogP contribution in [0.25, 0.3) is 17.1 Å². The average molecular weight is 623 g/mol. The minimum atomic E-state index is -4.75. The maximum Gasteiger partial charge on any atom is 0.573 e. The number of hydrogen-bond donors (Lipinski definition) is 1. The molecule has 3 aromatic carbocycles. The number of aryl methyl sites for hydroxylation is 1. The minimum Gasteiger partial charge on any atom is -0.406 e. The number of aliphatic imine (C=N–C) groups is 1. The highest BCUT2D eigenvalue weighted by Crippen LogP contribution is 2.29. The Kier molecular flexibility index (Phi) is 9.58. The molecule has 0 aliphatic carbocycles. The summed E-state index contributed by atoms with van der Waals surface area (Å²) in [4.78, 5) is 24.0. The fourth-order valence-corrected chi connectivity index (χ4v) is 5.88. The second kappa shape index (κ2) is 13.5. The highest BCUT2D eigenvalue weighted by atomic mass is 32.2. The molecule has 230 valence electrons. The Bertz CT molecular complexity index is 1610. The average Bonchev–Trinajstić information content (AvgIpc) is 3.51. The molecule has 1 aliphatic rings. The number of amidine groups is 1. The van der Waals surface area contributed by atoms with Gasteiger partial charge in [-0.25, -0.2) is 14.5 Å². The van der Waals surface area contributed by atoms with Crippen LogP contribution in [-0.2, 0) is 6.42 Å². The molecule has 1 aromatic heterocycles. The van der Waals surface area contributed by atoms with Gasteiger partial charge >= 0.3 is 12.4 Å². The first-order valence-electron chi connectivity index (χ1n) is 14.4. The van der Waals surface area contributed by atoms with E-state index in [9.17, 15) is 18.0 Å². The quantitative estimate of drug-likeness (QED) is 0.218. The van der Waals surface area contributed by atoms with Crippen LogP contribution in [0.15, 0.2) is 84.1 Å². The second-order valence-corrected chi connectivity index (χ2v) is 11.5. The highest BCUT2D eigenvalue weighted by Gasteiger charge is 2.31. The van der Waals surface area contributed by atoms with Crippen LogP contribution in [0.4, 0.5) is 23.7 Å². The standard InChI is InChI=1S/C32H33F3N6O2S/c1-4-23-8-5-6-9-28(23)40-18-7-19-44-31(40)38-30(42)37-22(3)21(2)24-10-12-25(13-11-24)29-36-20-41(39-29)26-14-16-27(17-15-26)43-32(33,34)35/h5-6,8-17,20-22H,4,7,18-19H2,1-3H3,(H,37,42). The van der Waals surface area contributed by atoms with E-state index in [1.807, 2.05) is 50.2 Å². The zero-order valence-electron chi connectivity index (χ0n) is 24.6. The number of alkyl halides is 3. The molecular formula is C32H33F3N6O2S. The number of ether oxygens (including phenoxy) is 1. The number of thioether (sulfide) groups is 1. The van der Waals surface area contributed by atoms with Crippen LogP contribution in [0.2, 0.25) is 0 Å². The van der Waals surface area contributed by atoms with E-state index in [1.165, 1.54) is 40.8 Å². The van der Waals surface area contributed by atoms with Gasteiger partial charge in [0, 0.05) is 35.5 Å². The van der Waals surface area contributed by atoms with Crippen LogP contribution < -0.4 is 15.0 Å². The maximum absolute atomic E-state index is 13.0. The molecule has 8 nitrogen and oxygen atoms in total. The van der Waals surface area contributed by atoms with Crippen LogP contribution in [-0.4, -0.2) is 50.7 Å². The van der Waals surface area contributed by atoms with Crippen molar-refractivity contribution in [3.8, 4) is 22.8 Å². The molecule has 4 aromatic rings. The van der Waals surface area contributed by atoms with Gasteiger partial charge in [-0.05, 0) is 61.2 Å². The number of nitrogens with one attached hydrogen (secondary N) is 1. The smallest absolute Gasteiger partial charge is 0.406 e. The zero-order chi connectivity index (χ0) is 31.3. The van der Waals surface area contributed by atoms with Crippen molar-refractivity contribution < 1.29 is 22.7 Å². The summed E-state index contributed by atoms with van der Waals surface area (Å²) >= 11 is 1.60. The molecule has 1 fully saturated rings. The van der Waals surface area contributed by atoms with Gasteiger partial charge in [-0.2, -0.15) is 4.99 Å². The van der Waals surface area contributed by atoms with Gasteiger partial charge in [-0.3, -0.25) is 0 Å². The van der Waals surface area contributed by atoms with Gasteiger partial charge in [-0.15, -0.1) is 18.3 Å². The number of benzene rings is 3. The third-order valence-corrected chi connectivity index (χ3v) is 8.53. The normalized spacial score (nSPS) is 16.0. The summed E-state index contributed by atoms with van der Waals surface area (Å²) < 4.78 is 42.7. The van der Waals surface area contributed by atoms with Crippen LogP contribution in [0.1, 0.15) is 44.2 Å². The van der Waals surface area contributed by atoms with E-state index in [-0.39, 0.29) is 23.7 Å². The first-order valence-corrected chi connectivity index (χ1v) is 15.4. The number of amides is 2. The van der Waals surface area contributed by atoms with Crippen molar-refractivity contribution in [2.24, 2.45) is 4.99 Å². The summed E-state index contributed by atoms with van der Waals surface area (Å²) in [5.74, 6) is 1.09. The van der Waals surface area contributed by atoms with E-state index >= 15 is 0 Å². The molecule has 0 saturated carbocycles. The van der Waals surface area contributed by atoms with Gasteiger partial charge in [0.15, 0.2) is 11.0 Å². The van der Waals surface area contributed by atoms with Crippen molar-refractivity contribution in [1.82, 2.24) is 20.1 Å². The number of aromatic nitrogens is 3. The summed E-state index contributed by atoms with van der Waals surface area (Å²) in [5, 5.41) is 8.23. The number of nitrogens with zero attached hydrogens (tertiary/aromatic N) is 5. The second-order valence-electron chi connectivity index (χ2n) is 10.4. The van der Waals surface area contributed by atoms with Gasteiger partial charge in [0.25, 0.3) is 0 Å². The lowest BCUT2D eigenvalue weighted by Gasteiger charge is -2.31. The Morgan fingerprint density at radius 1 is 1.07 bits per heavy atom. The number of carbonyl (C=O) groups is 1. The molecule has 5 rings (SSSR count). The van der Waals surface area contributed by atoms with Crippen molar-refractivity contribution >= 4 is 28.6 Å². The molecule has 0 radical (unpaired) electrons. The zero-order valence-corrected chi connectivity index (χ0v) is 25.4. The molecular weight excluding hydrogens is 589 g/mol. The summed E-state index contributed by atoms with van der Waals surface area (Å²) in [6.07, 6.45) is -1.32. The molecule has 0 bridgehead atoms. The van der Waals surface area contributed by atoms with Crippen molar-refractivity contribution in [3.63, 3.8) is 0 Å². The lowest BCUT2D eigenvalue weighted by molar-refractivity contribution is -0.274. The minimum absolute atomic E-state index is 0.00655. The van der Waals surface area contributed by atoms with Crippen molar-refractivity contribution in [2.75, 3.05) is 17.2 Å². The fraction of sp³-hybridized carbons (Fsp3) is 0.312. The number of hydrogen-bond acceptors (Lipinski definition) is 5. The summed E-state index contributed by atoms with van der Waals surface area (Å²) in [6.45, 7) is 6.96. The van der Waals surface area contributed by atoms with Crippen LogP contribution in [0.3, 0.4) is 0 Å². The van der Waals surface area contributed by atoms with Crippen molar-refractivity contribution in [2.45, 2.75) is 51.9 Å². The van der Waals surface area contributed by atoms with Crippen molar-refractivity contribution in [1.29, 1.82) is 0 Å². The third-order valence-electron chi connectivity index (χ3n) is 7.47. The largest absolute Gasteiger partial charge is 0.573 e. The van der Waals surface area contributed by atoms with E-state index in [1.54, 1.807) is 11.8 Å². The first-order chi connectivity index (χ1) is 21.1. The number of halogens is 3. The predicted molar refractivity (Wildman–Crippen MR) is 168 cm³/mol. The predicted octanol–water partition coefficient (Wildman–Crippen LogP) is 7.60. The fourth-order valence-electron chi connectivity index (χ4n) is 4.93. The van der Waals surface area contributed by atoms with Gasteiger partial charge in [0.1, 0.15) is 12.1 Å². The molecule has 2 unspecified atom stereocenters. The van der Waals surface area contributed by atoms with E-state index in [4.69, 9.17) is 0 Å². The van der Waals surface area contributed by atoms with E-state index in [2.05, 4.69) is 49.1 Å². The molecule has 1 N–H and O–H groups in total. The maximum atomic E-state index is 13.0. The van der Waals surface area contributed by atoms with Crippen LogP contribution in [0.5, 0.6) is 5.75 Å². The Labute approximate surface area is 258 Å². The summed E-state index contributed by atoms with van der Waals surface area (Å²) in [5.41, 5.74) is 4.68. The van der Waals surface area contributed by atoms with Crippen molar-refractivity contribution in [3.05, 3.63) is 90.3 Å². The Balaban J connectivity index is 1.22. The van der Waals surface area contributed by atoms with Crippen LogP contribution in [0, 0.1) is 0 Å². The monoisotopic (exact) mass is 622 g/mol. The molecule has 12 heteroatoms. The Hall–Kier alpha value is -4.32. The summed E-state index contributed by atoms with van der Waals surface area (Å²) in [6, 6.07) is 20.8. The first kappa shape index (κ1) is 31.1. The van der Waals surface area contributed by atoms with E-state index < -0.39 is 6.36 Å². The lowest BCUT2D eigenvalue weighted by atomic mass is 9.93. The van der Waals surface area contributed by atoms with Gasteiger partial charge in [-0.1, -0.05) is 68.1 Å². The molecule has 1 aliphatic heterocycles. The molecule has 44 heavy (non-hydrogen) atoms. The van der Waals surface area contributed by atoms with Gasteiger partial charge < -0.3 is 15.0 Å². The summed E-state index contributed by atoms with van der Waals surface area (Å²) in [7, 11) is 0. The number of anilines is 1. The molecule has 2 amide bonds. The molecule has 1 saturated heterocycles. The number of urea groups is 1. The molecule has 0 spiro atoms. The number of carbonyl (C=O) groups excluding carboxylic acids is 1. The highest BCUT2D eigenvalue weighted by molar-refractivity contribution is 8.14. The van der Waals surface area contributed by atoms with Gasteiger partial charge in [0.2, 0.25) is 0 Å².